The molecule has 0 radical (unpaired) electrons. The summed E-state index contributed by atoms with van der Waals surface area (Å²) >= 11 is 7.24. The highest BCUT2D eigenvalue weighted by atomic mass is 35.5. The van der Waals surface area contributed by atoms with Gasteiger partial charge in [-0.3, -0.25) is 19.0 Å². The standard InChI is InChI=1S/C22H17ClN4O4S/c1-13(28)24-15-5-7-16(8-6-15)25-19(29)12-26-18-9-10-32-20(18)21(30)27(22(26)31)17-4-2-3-14(23)11-17/h2-11H,12H2,1H3,(H,24,28)(H,25,29). The topological polar surface area (TPSA) is 102 Å². The number of nitrogens with one attached hydrogen (secondary N) is 2. The van der Waals surface area contributed by atoms with E-state index in [-0.39, 0.29) is 12.5 Å². The molecule has 0 fully saturated rings. The van der Waals surface area contributed by atoms with Gasteiger partial charge in [0, 0.05) is 23.3 Å². The lowest BCUT2D eigenvalue weighted by atomic mass is 10.2. The summed E-state index contributed by atoms with van der Waals surface area (Å²) in [5.41, 5.74) is 0.707. The first-order valence-electron chi connectivity index (χ1n) is 9.50. The van der Waals surface area contributed by atoms with E-state index in [1.807, 2.05) is 0 Å². The van der Waals surface area contributed by atoms with Crippen LogP contribution in [-0.2, 0) is 16.1 Å². The predicted octanol–water partition coefficient (Wildman–Crippen LogP) is 3.46. The molecule has 32 heavy (non-hydrogen) atoms. The molecule has 0 unspecified atom stereocenters. The van der Waals surface area contributed by atoms with Crippen molar-refractivity contribution in [3.8, 4) is 5.69 Å². The lowest BCUT2D eigenvalue weighted by Crippen LogP contribution is -2.40. The zero-order valence-electron chi connectivity index (χ0n) is 16.8. The Morgan fingerprint density at radius 2 is 1.69 bits per heavy atom. The van der Waals surface area contributed by atoms with E-state index in [1.165, 1.54) is 28.9 Å². The molecule has 0 saturated heterocycles. The summed E-state index contributed by atoms with van der Waals surface area (Å²) in [5, 5.41) is 7.44. The SMILES string of the molecule is CC(=O)Nc1ccc(NC(=O)Cn2c(=O)n(-c3cccc(Cl)c3)c(=O)c3sccc32)cc1. The number of aromatic nitrogens is 2. The van der Waals surface area contributed by atoms with Crippen molar-refractivity contribution in [3.05, 3.63) is 85.8 Å². The van der Waals surface area contributed by atoms with Crippen LogP contribution in [0.4, 0.5) is 11.4 Å². The second-order valence-electron chi connectivity index (χ2n) is 6.93. The van der Waals surface area contributed by atoms with Crippen LogP contribution in [0.3, 0.4) is 0 Å². The number of anilines is 2. The Balaban J connectivity index is 1.68. The van der Waals surface area contributed by atoms with Gasteiger partial charge in [0.05, 0.1) is 11.2 Å². The third kappa shape index (κ3) is 4.34. The summed E-state index contributed by atoms with van der Waals surface area (Å²) in [6.07, 6.45) is 0. The number of hydrogen-bond acceptors (Lipinski definition) is 5. The van der Waals surface area contributed by atoms with Crippen LogP contribution in [0.1, 0.15) is 6.92 Å². The van der Waals surface area contributed by atoms with Crippen molar-refractivity contribution < 1.29 is 9.59 Å². The molecule has 0 aliphatic rings. The molecule has 162 valence electrons. The fourth-order valence-electron chi connectivity index (χ4n) is 3.27. The quantitative estimate of drug-likeness (QED) is 0.468. The van der Waals surface area contributed by atoms with E-state index in [4.69, 9.17) is 11.6 Å². The lowest BCUT2D eigenvalue weighted by molar-refractivity contribution is -0.117. The first kappa shape index (κ1) is 21.5. The van der Waals surface area contributed by atoms with Gasteiger partial charge in [0.15, 0.2) is 0 Å². The molecule has 4 aromatic rings. The van der Waals surface area contributed by atoms with Crippen molar-refractivity contribution >= 4 is 56.3 Å². The number of benzene rings is 2. The Bertz CT molecular complexity index is 1450. The summed E-state index contributed by atoms with van der Waals surface area (Å²) in [4.78, 5) is 50.0. The maximum atomic E-state index is 13.2. The summed E-state index contributed by atoms with van der Waals surface area (Å²) in [7, 11) is 0. The van der Waals surface area contributed by atoms with Crippen LogP contribution in [-0.4, -0.2) is 20.9 Å². The average molecular weight is 469 g/mol. The van der Waals surface area contributed by atoms with E-state index >= 15 is 0 Å². The van der Waals surface area contributed by atoms with Crippen LogP contribution >= 0.6 is 22.9 Å². The predicted molar refractivity (Wildman–Crippen MR) is 126 cm³/mol. The number of fused-ring (bicyclic) bond motifs is 1. The van der Waals surface area contributed by atoms with Crippen molar-refractivity contribution in [2.75, 3.05) is 10.6 Å². The Morgan fingerprint density at radius 1 is 1.00 bits per heavy atom. The van der Waals surface area contributed by atoms with Crippen LogP contribution in [0, 0.1) is 0 Å². The molecule has 10 heteroatoms. The van der Waals surface area contributed by atoms with Crippen LogP contribution in [0.25, 0.3) is 15.9 Å². The summed E-state index contributed by atoms with van der Waals surface area (Å²) < 4.78 is 2.63. The smallest absolute Gasteiger partial charge is 0.326 e. The van der Waals surface area contributed by atoms with E-state index in [0.29, 0.717) is 32.3 Å². The Labute approximate surface area is 190 Å². The molecule has 2 aromatic heterocycles. The Morgan fingerprint density at radius 3 is 2.34 bits per heavy atom. The first-order chi connectivity index (χ1) is 15.3. The Kier molecular flexibility index (Phi) is 5.93. The molecule has 0 aliphatic carbocycles. The number of halogens is 1. The average Bonchev–Trinajstić information content (AvgIpc) is 3.23. The van der Waals surface area contributed by atoms with E-state index in [9.17, 15) is 19.2 Å². The molecule has 0 saturated carbocycles. The second kappa shape index (κ2) is 8.81. The lowest BCUT2D eigenvalue weighted by Gasteiger charge is -2.13. The molecule has 0 bridgehead atoms. The molecular weight excluding hydrogens is 452 g/mol. The molecule has 2 heterocycles. The van der Waals surface area contributed by atoms with Crippen LogP contribution in [0.15, 0.2) is 69.6 Å². The molecule has 2 amide bonds. The van der Waals surface area contributed by atoms with Gasteiger partial charge in [-0.15, -0.1) is 11.3 Å². The van der Waals surface area contributed by atoms with Gasteiger partial charge in [0.1, 0.15) is 11.2 Å². The van der Waals surface area contributed by atoms with Gasteiger partial charge in [-0.25, -0.2) is 9.36 Å². The number of amides is 2. The summed E-state index contributed by atoms with van der Waals surface area (Å²) in [6, 6.07) is 14.6. The third-order valence-electron chi connectivity index (χ3n) is 4.61. The van der Waals surface area contributed by atoms with Crippen molar-refractivity contribution in [3.63, 3.8) is 0 Å². The third-order valence-corrected chi connectivity index (χ3v) is 5.74. The molecule has 0 aliphatic heterocycles. The van der Waals surface area contributed by atoms with Crippen molar-refractivity contribution in [1.82, 2.24) is 9.13 Å². The van der Waals surface area contributed by atoms with Gasteiger partial charge >= 0.3 is 5.69 Å². The molecular formula is C22H17ClN4O4S. The molecule has 8 nitrogen and oxygen atoms in total. The van der Waals surface area contributed by atoms with Gasteiger partial charge in [-0.05, 0) is 53.9 Å². The summed E-state index contributed by atoms with van der Waals surface area (Å²) in [5.74, 6) is -0.640. The minimum Gasteiger partial charge on any atom is -0.326 e. The molecule has 0 spiro atoms. The number of thiophene rings is 1. The molecule has 0 atom stereocenters. The van der Waals surface area contributed by atoms with Crippen molar-refractivity contribution in [2.24, 2.45) is 0 Å². The highest BCUT2D eigenvalue weighted by molar-refractivity contribution is 7.17. The zero-order valence-corrected chi connectivity index (χ0v) is 18.4. The molecule has 4 rings (SSSR count). The molecule has 2 aromatic carbocycles. The molecule has 2 N–H and O–H groups in total. The van der Waals surface area contributed by atoms with Gasteiger partial charge in [-0.1, -0.05) is 17.7 Å². The van der Waals surface area contributed by atoms with Gasteiger partial charge in [-0.2, -0.15) is 0 Å². The van der Waals surface area contributed by atoms with E-state index in [2.05, 4.69) is 10.6 Å². The Hall–Kier alpha value is -3.69. The minimum absolute atomic E-state index is 0.198. The van der Waals surface area contributed by atoms with Crippen molar-refractivity contribution in [2.45, 2.75) is 13.5 Å². The fraction of sp³-hybridized carbons (Fsp3) is 0.0909. The summed E-state index contributed by atoms with van der Waals surface area (Å²) in [6.45, 7) is 1.11. The number of carbonyl (C=O) groups is 2. The van der Waals surface area contributed by atoms with E-state index < -0.39 is 17.2 Å². The number of nitrogens with zero attached hydrogens (tertiary/aromatic N) is 2. The number of hydrogen-bond donors (Lipinski definition) is 2. The zero-order chi connectivity index (χ0) is 22.8. The maximum Gasteiger partial charge on any atom is 0.336 e. The number of rotatable bonds is 5. The van der Waals surface area contributed by atoms with Crippen LogP contribution in [0.5, 0.6) is 0 Å². The van der Waals surface area contributed by atoms with Crippen molar-refractivity contribution in [1.29, 1.82) is 0 Å². The first-order valence-corrected chi connectivity index (χ1v) is 10.8. The number of carbonyl (C=O) groups excluding carboxylic acids is 2. The van der Waals surface area contributed by atoms with Gasteiger partial charge in [0.2, 0.25) is 11.8 Å². The van der Waals surface area contributed by atoms with E-state index in [0.717, 1.165) is 4.57 Å². The largest absolute Gasteiger partial charge is 0.336 e. The van der Waals surface area contributed by atoms with Gasteiger partial charge in [0.25, 0.3) is 5.56 Å². The highest BCUT2D eigenvalue weighted by Gasteiger charge is 2.18. The fourth-order valence-corrected chi connectivity index (χ4v) is 4.28. The van der Waals surface area contributed by atoms with Gasteiger partial charge < -0.3 is 10.6 Å². The minimum atomic E-state index is -0.640. The van der Waals surface area contributed by atoms with Crippen LogP contribution in [0.2, 0.25) is 5.02 Å². The monoisotopic (exact) mass is 468 g/mol. The van der Waals surface area contributed by atoms with Crippen LogP contribution < -0.4 is 21.9 Å². The van der Waals surface area contributed by atoms with E-state index in [1.54, 1.807) is 53.9 Å². The normalized spacial score (nSPS) is 10.8. The highest BCUT2D eigenvalue weighted by Crippen LogP contribution is 2.18. The maximum absolute atomic E-state index is 13.2. The second-order valence-corrected chi connectivity index (χ2v) is 8.28.